The lowest BCUT2D eigenvalue weighted by Gasteiger charge is -2.09. The maximum absolute atomic E-state index is 11.9. The van der Waals surface area contributed by atoms with Crippen LogP contribution in [-0.4, -0.2) is 30.9 Å². The van der Waals surface area contributed by atoms with Crippen LogP contribution in [0.5, 0.6) is 0 Å². The molecule has 0 bridgehead atoms. The highest BCUT2D eigenvalue weighted by Crippen LogP contribution is 2.16. The largest absolute Gasteiger partial charge is 0.411 e. The third kappa shape index (κ3) is 4.47. The number of aromatic nitrogens is 1. The zero-order valence-corrected chi connectivity index (χ0v) is 10.8. The number of hydrogen-bond acceptors (Lipinski definition) is 3. The van der Waals surface area contributed by atoms with Crippen molar-refractivity contribution in [3.63, 3.8) is 0 Å². The SMILES string of the molecule is FC(F)(F)COCCNCc1ccnc2ccccc12. The maximum atomic E-state index is 11.9. The lowest BCUT2D eigenvalue weighted by Crippen LogP contribution is -2.23. The van der Waals surface area contributed by atoms with Gasteiger partial charge in [0, 0.05) is 24.7 Å². The van der Waals surface area contributed by atoms with E-state index >= 15 is 0 Å². The van der Waals surface area contributed by atoms with Crippen molar-refractivity contribution in [2.45, 2.75) is 12.7 Å². The Hall–Kier alpha value is -1.66. The van der Waals surface area contributed by atoms with Crippen molar-refractivity contribution >= 4 is 10.9 Å². The third-order valence-corrected chi connectivity index (χ3v) is 2.74. The molecule has 0 fully saturated rings. The Kier molecular flexibility index (Phi) is 4.92. The quantitative estimate of drug-likeness (QED) is 0.828. The van der Waals surface area contributed by atoms with E-state index in [0.717, 1.165) is 16.5 Å². The van der Waals surface area contributed by atoms with Gasteiger partial charge in [0.25, 0.3) is 0 Å². The fraction of sp³-hybridized carbons (Fsp3) is 0.357. The third-order valence-electron chi connectivity index (χ3n) is 2.74. The van der Waals surface area contributed by atoms with Gasteiger partial charge in [-0.1, -0.05) is 18.2 Å². The Balaban J connectivity index is 1.79. The minimum atomic E-state index is -4.26. The Morgan fingerprint density at radius 3 is 2.75 bits per heavy atom. The number of fused-ring (bicyclic) bond motifs is 1. The van der Waals surface area contributed by atoms with Crippen LogP contribution in [0.3, 0.4) is 0 Å². The molecule has 0 atom stereocenters. The van der Waals surface area contributed by atoms with Crippen LogP contribution in [0.4, 0.5) is 13.2 Å². The molecule has 0 aliphatic heterocycles. The standard InChI is InChI=1S/C14H15F3N2O/c15-14(16,17)10-20-8-7-18-9-11-5-6-19-13-4-2-1-3-12(11)13/h1-6,18H,7-10H2. The Labute approximate surface area is 114 Å². The van der Waals surface area contributed by atoms with Crippen molar-refractivity contribution in [3.05, 3.63) is 42.1 Å². The van der Waals surface area contributed by atoms with Crippen molar-refractivity contribution in [3.8, 4) is 0 Å². The molecule has 0 aliphatic rings. The molecule has 0 aliphatic carbocycles. The van der Waals surface area contributed by atoms with Crippen LogP contribution in [0.1, 0.15) is 5.56 Å². The number of hydrogen-bond donors (Lipinski definition) is 1. The molecule has 1 N–H and O–H groups in total. The zero-order chi connectivity index (χ0) is 14.4. The molecule has 1 heterocycles. The summed E-state index contributed by atoms with van der Waals surface area (Å²) in [6, 6.07) is 9.63. The summed E-state index contributed by atoms with van der Waals surface area (Å²) in [6.07, 6.45) is -2.54. The number of pyridine rings is 1. The normalized spacial score (nSPS) is 11.9. The van der Waals surface area contributed by atoms with Crippen LogP contribution < -0.4 is 5.32 Å². The van der Waals surface area contributed by atoms with Gasteiger partial charge < -0.3 is 10.1 Å². The molecule has 1 aromatic heterocycles. The Morgan fingerprint density at radius 2 is 1.95 bits per heavy atom. The van der Waals surface area contributed by atoms with Crippen molar-refractivity contribution in [2.24, 2.45) is 0 Å². The first-order chi connectivity index (χ1) is 9.56. The smallest absolute Gasteiger partial charge is 0.371 e. The molecule has 6 heteroatoms. The highest BCUT2D eigenvalue weighted by Gasteiger charge is 2.27. The first-order valence-corrected chi connectivity index (χ1v) is 6.24. The fourth-order valence-electron chi connectivity index (χ4n) is 1.86. The average Bonchev–Trinajstić information content (AvgIpc) is 2.41. The minimum absolute atomic E-state index is 0.0303. The van der Waals surface area contributed by atoms with Crippen molar-refractivity contribution < 1.29 is 17.9 Å². The van der Waals surface area contributed by atoms with Crippen LogP contribution >= 0.6 is 0 Å². The monoisotopic (exact) mass is 284 g/mol. The van der Waals surface area contributed by atoms with E-state index in [1.54, 1.807) is 6.20 Å². The summed E-state index contributed by atoms with van der Waals surface area (Å²) in [7, 11) is 0. The second-order valence-electron chi connectivity index (χ2n) is 4.33. The van der Waals surface area contributed by atoms with E-state index in [2.05, 4.69) is 15.0 Å². The van der Waals surface area contributed by atoms with Crippen molar-refractivity contribution in [1.82, 2.24) is 10.3 Å². The van der Waals surface area contributed by atoms with Gasteiger partial charge in [-0.3, -0.25) is 4.98 Å². The van der Waals surface area contributed by atoms with Crippen molar-refractivity contribution in [1.29, 1.82) is 0 Å². The van der Waals surface area contributed by atoms with Gasteiger partial charge in [0.1, 0.15) is 6.61 Å². The topological polar surface area (TPSA) is 34.1 Å². The second kappa shape index (κ2) is 6.67. The molecule has 0 unspecified atom stereocenters. The molecule has 108 valence electrons. The molecule has 0 saturated heterocycles. The molecule has 1 aromatic carbocycles. The number of nitrogens with zero attached hydrogens (tertiary/aromatic N) is 1. The number of halogens is 3. The highest BCUT2D eigenvalue weighted by molar-refractivity contribution is 5.81. The first kappa shape index (κ1) is 14.7. The molecule has 0 spiro atoms. The van der Waals surface area contributed by atoms with Gasteiger partial charge in [-0.15, -0.1) is 0 Å². The summed E-state index contributed by atoms with van der Waals surface area (Å²) >= 11 is 0. The first-order valence-electron chi connectivity index (χ1n) is 6.24. The molecular formula is C14H15F3N2O. The molecular weight excluding hydrogens is 269 g/mol. The summed E-state index contributed by atoms with van der Waals surface area (Å²) < 4.78 is 40.1. The van der Waals surface area contributed by atoms with Gasteiger partial charge in [0.2, 0.25) is 0 Å². The number of para-hydroxylation sites is 1. The zero-order valence-electron chi connectivity index (χ0n) is 10.8. The second-order valence-corrected chi connectivity index (χ2v) is 4.33. The van der Waals surface area contributed by atoms with Crippen LogP contribution in [0.15, 0.2) is 36.5 Å². The molecule has 0 radical (unpaired) electrons. The van der Waals surface area contributed by atoms with Gasteiger partial charge in [-0.05, 0) is 17.7 Å². The summed E-state index contributed by atoms with van der Waals surface area (Å²) in [5.41, 5.74) is 1.96. The maximum Gasteiger partial charge on any atom is 0.411 e. The molecule has 2 aromatic rings. The van der Waals surface area contributed by atoms with E-state index in [1.807, 2.05) is 30.3 Å². The molecule has 0 saturated carbocycles. The lowest BCUT2D eigenvalue weighted by atomic mass is 10.1. The van der Waals surface area contributed by atoms with E-state index in [0.29, 0.717) is 13.1 Å². The van der Waals surface area contributed by atoms with Gasteiger partial charge in [0.05, 0.1) is 12.1 Å². The number of benzene rings is 1. The lowest BCUT2D eigenvalue weighted by molar-refractivity contribution is -0.173. The van der Waals surface area contributed by atoms with E-state index < -0.39 is 12.8 Å². The molecule has 3 nitrogen and oxygen atoms in total. The number of alkyl halides is 3. The van der Waals surface area contributed by atoms with Crippen LogP contribution in [0, 0.1) is 0 Å². The van der Waals surface area contributed by atoms with Crippen LogP contribution in [-0.2, 0) is 11.3 Å². The van der Waals surface area contributed by atoms with Gasteiger partial charge >= 0.3 is 6.18 Å². The summed E-state index contributed by atoms with van der Waals surface area (Å²) in [5.74, 6) is 0. The molecule has 2 rings (SSSR count). The van der Waals surface area contributed by atoms with E-state index in [9.17, 15) is 13.2 Å². The van der Waals surface area contributed by atoms with E-state index in [-0.39, 0.29) is 6.61 Å². The van der Waals surface area contributed by atoms with E-state index in [1.165, 1.54) is 0 Å². The number of nitrogens with one attached hydrogen (secondary N) is 1. The van der Waals surface area contributed by atoms with Crippen LogP contribution in [0.2, 0.25) is 0 Å². The highest BCUT2D eigenvalue weighted by atomic mass is 19.4. The number of ether oxygens (including phenoxy) is 1. The molecule has 20 heavy (non-hydrogen) atoms. The van der Waals surface area contributed by atoms with Gasteiger partial charge in [0.15, 0.2) is 0 Å². The molecule has 0 amide bonds. The fourth-order valence-corrected chi connectivity index (χ4v) is 1.86. The summed E-state index contributed by atoms with van der Waals surface area (Å²) in [6.45, 7) is -0.236. The minimum Gasteiger partial charge on any atom is -0.371 e. The number of rotatable bonds is 6. The van der Waals surface area contributed by atoms with E-state index in [4.69, 9.17) is 0 Å². The Bertz CT molecular complexity index is 552. The predicted molar refractivity (Wildman–Crippen MR) is 70.3 cm³/mol. The van der Waals surface area contributed by atoms with Gasteiger partial charge in [-0.25, -0.2) is 0 Å². The Morgan fingerprint density at radius 1 is 1.15 bits per heavy atom. The summed E-state index contributed by atoms with van der Waals surface area (Å²) in [4.78, 5) is 4.25. The van der Waals surface area contributed by atoms with Crippen LogP contribution in [0.25, 0.3) is 10.9 Å². The summed E-state index contributed by atoms with van der Waals surface area (Å²) in [5, 5.41) is 4.10. The average molecular weight is 284 g/mol. The predicted octanol–water partition coefficient (Wildman–Crippen LogP) is 2.90. The van der Waals surface area contributed by atoms with Crippen molar-refractivity contribution in [2.75, 3.05) is 19.8 Å². The van der Waals surface area contributed by atoms with Gasteiger partial charge in [-0.2, -0.15) is 13.2 Å².